The van der Waals surface area contributed by atoms with Gasteiger partial charge in [0.25, 0.3) is 0 Å². The van der Waals surface area contributed by atoms with Gasteiger partial charge in [-0.3, -0.25) is 9.59 Å². The molecule has 1 aromatic heterocycles. The Bertz CT molecular complexity index is 601. The summed E-state index contributed by atoms with van der Waals surface area (Å²) in [4.78, 5) is 30.7. The Morgan fingerprint density at radius 2 is 2.17 bits per heavy atom. The van der Waals surface area contributed by atoms with Crippen LogP contribution in [0.15, 0.2) is 5.38 Å². The van der Waals surface area contributed by atoms with Crippen LogP contribution in [0.1, 0.15) is 50.7 Å². The van der Waals surface area contributed by atoms with Crippen molar-refractivity contribution < 1.29 is 9.59 Å². The molecule has 0 unspecified atom stereocenters. The summed E-state index contributed by atoms with van der Waals surface area (Å²) < 4.78 is 0. The first-order chi connectivity index (χ1) is 10.8. The largest absolute Gasteiger partial charge is 0.355 e. The van der Waals surface area contributed by atoms with Crippen molar-refractivity contribution in [3.63, 3.8) is 0 Å². The van der Waals surface area contributed by atoms with Gasteiger partial charge in [-0.25, -0.2) is 4.98 Å². The molecule has 0 radical (unpaired) electrons. The van der Waals surface area contributed by atoms with Crippen LogP contribution < -0.4 is 5.32 Å². The van der Waals surface area contributed by atoms with Gasteiger partial charge >= 0.3 is 0 Å². The van der Waals surface area contributed by atoms with Crippen molar-refractivity contribution >= 4 is 23.2 Å². The molecule has 0 spiro atoms. The van der Waals surface area contributed by atoms with Crippen molar-refractivity contribution in [3.8, 4) is 0 Å². The van der Waals surface area contributed by atoms with Crippen LogP contribution in [0.25, 0.3) is 0 Å². The maximum absolute atomic E-state index is 12.2. The molecule has 2 heterocycles. The molecule has 6 heteroatoms. The van der Waals surface area contributed by atoms with Crippen molar-refractivity contribution in [2.45, 2.75) is 57.9 Å². The fraction of sp³-hybridized carbons (Fsp3) is 0.706. The monoisotopic (exact) mass is 335 g/mol. The third-order valence-corrected chi connectivity index (χ3v) is 5.38. The van der Waals surface area contributed by atoms with Crippen LogP contribution >= 0.6 is 11.3 Å². The minimum Gasteiger partial charge on any atom is -0.355 e. The number of nitrogens with one attached hydrogen (secondary N) is 1. The van der Waals surface area contributed by atoms with Crippen molar-refractivity contribution in [3.05, 3.63) is 16.1 Å². The number of carbonyl (C=O) groups is 2. The van der Waals surface area contributed by atoms with E-state index in [9.17, 15) is 9.59 Å². The van der Waals surface area contributed by atoms with Crippen molar-refractivity contribution in [1.29, 1.82) is 0 Å². The van der Waals surface area contributed by atoms with E-state index >= 15 is 0 Å². The predicted octanol–water partition coefficient (Wildman–Crippen LogP) is 2.11. The maximum Gasteiger partial charge on any atom is 0.225 e. The normalized spacial score (nSPS) is 21.8. The highest BCUT2D eigenvalue weighted by atomic mass is 32.1. The third kappa shape index (κ3) is 3.91. The van der Waals surface area contributed by atoms with Crippen molar-refractivity contribution in [1.82, 2.24) is 15.2 Å². The standard InChI is InChI=1S/C17H25N3O2S/c1-17(2,3)13-10-23-14(19-13)6-7-18-16(22)11-8-15(21)20(9-11)12-4-5-12/h10-12H,4-9H2,1-3H3,(H,18,22)/t11-/m1/s1. The average molecular weight is 335 g/mol. The van der Waals surface area contributed by atoms with Crippen LogP contribution in [-0.4, -0.2) is 40.8 Å². The molecule has 2 aliphatic rings. The van der Waals surface area contributed by atoms with E-state index in [4.69, 9.17) is 0 Å². The molecule has 1 saturated carbocycles. The van der Waals surface area contributed by atoms with E-state index in [-0.39, 0.29) is 23.1 Å². The summed E-state index contributed by atoms with van der Waals surface area (Å²) in [5.41, 5.74) is 1.17. The second kappa shape index (κ2) is 6.23. The summed E-state index contributed by atoms with van der Waals surface area (Å²) in [6.45, 7) is 7.63. The highest BCUT2D eigenvalue weighted by Gasteiger charge is 2.41. The van der Waals surface area contributed by atoms with Gasteiger partial charge in [0.15, 0.2) is 0 Å². The number of rotatable bonds is 5. The zero-order valence-electron chi connectivity index (χ0n) is 14.1. The zero-order chi connectivity index (χ0) is 16.6. The van der Waals surface area contributed by atoms with E-state index in [0.717, 1.165) is 30.0 Å². The lowest BCUT2D eigenvalue weighted by atomic mass is 9.93. The molecule has 1 aromatic rings. The van der Waals surface area contributed by atoms with Crippen molar-refractivity contribution in [2.24, 2.45) is 5.92 Å². The second-order valence-corrected chi connectivity index (χ2v) is 8.54. The van der Waals surface area contributed by atoms with Crippen LogP contribution in [0.5, 0.6) is 0 Å². The van der Waals surface area contributed by atoms with E-state index in [1.165, 1.54) is 0 Å². The number of hydrogen-bond acceptors (Lipinski definition) is 4. The molecular formula is C17H25N3O2S. The molecule has 1 atom stereocenters. The Morgan fingerprint density at radius 1 is 1.43 bits per heavy atom. The fourth-order valence-electron chi connectivity index (χ4n) is 2.85. The van der Waals surface area contributed by atoms with Gasteiger partial charge in [0.05, 0.1) is 16.6 Å². The molecule has 0 aromatic carbocycles. The van der Waals surface area contributed by atoms with Gasteiger partial charge in [-0.1, -0.05) is 20.8 Å². The number of amides is 2. The maximum atomic E-state index is 12.2. The van der Waals surface area contributed by atoms with Gasteiger partial charge in [-0.05, 0) is 12.8 Å². The summed E-state index contributed by atoms with van der Waals surface area (Å²) >= 11 is 1.65. The van der Waals surface area contributed by atoms with Crippen LogP contribution in [0.3, 0.4) is 0 Å². The topological polar surface area (TPSA) is 62.3 Å². The van der Waals surface area contributed by atoms with Gasteiger partial charge in [-0.15, -0.1) is 11.3 Å². The zero-order valence-corrected chi connectivity index (χ0v) is 14.9. The second-order valence-electron chi connectivity index (χ2n) is 7.60. The summed E-state index contributed by atoms with van der Waals surface area (Å²) in [6, 6.07) is 0.409. The lowest BCUT2D eigenvalue weighted by molar-refractivity contribution is -0.129. The van der Waals surface area contributed by atoms with E-state index in [0.29, 0.717) is 25.6 Å². The Labute approximate surface area is 141 Å². The Morgan fingerprint density at radius 3 is 2.78 bits per heavy atom. The summed E-state index contributed by atoms with van der Waals surface area (Å²) in [6.07, 6.45) is 3.31. The third-order valence-electron chi connectivity index (χ3n) is 4.48. The Balaban J connectivity index is 1.44. The van der Waals surface area contributed by atoms with E-state index in [1.54, 1.807) is 11.3 Å². The van der Waals surface area contributed by atoms with Gasteiger partial charge in [0.1, 0.15) is 0 Å². The van der Waals surface area contributed by atoms with Gasteiger partial charge in [0.2, 0.25) is 11.8 Å². The van der Waals surface area contributed by atoms with Crippen LogP contribution in [0, 0.1) is 5.92 Å². The molecule has 3 rings (SSSR count). The van der Waals surface area contributed by atoms with E-state index in [1.807, 2.05) is 4.90 Å². The molecule has 2 amide bonds. The smallest absolute Gasteiger partial charge is 0.225 e. The first kappa shape index (κ1) is 16.4. The number of likely N-dealkylation sites (tertiary alicyclic amines) is 1. The molecule has 1 aliphatic carbocycles. The van der Waals surface area contributed by atoms with Gasteiger partial charge in [-0.2, -0.15) is 0 Å². The van der Waals surface area contributed by atoms with E-state index < -0.39 is 0 Å². The highest BCUT2D eigenvalue weighted by Crippen LogP contribution is 2.32. The fourth-order valence-corrected chi connectivity index (χ4v) is 3.88. The lowest BCUT2D eigenvalue weighted by Gasteiger charge is -2.15. The molecule has 5 nitrogen and oxygen atoms in total. The van der Waals surface area contributed by atoms with Gasteiger partial charge < -0.3 is 10.2 Å². The average Bonchev–Trinajstić information content (AvgIpc) is 3.05. The van der Waals surface area contributed by atoms with Crippen molar-refractivity contribution in [2.75, 3.05) is 13.1 Å². The van der Waals surface area contributed by atoms with Crippen LogP contribution in [0.2, 0.25) is 0 Å². The summed E-state index contributed by atoms with van der Waals surface area (Å²) in [7, 11) is 0. The number of hydrogen-bond donors (Lipinski definition) is 1. The lowest BCUT2D eigenvalue weighted by Crippen LogP contribution is -2.34. The minimum atomic E-state index is -0.176. The summed E-state index contributed by atoms with van der Waals surface area (Å²) in [5.74, 6) is -0.0268. The van der Waals surface area contributed by atoms with Gasteiger partial charge in [0, 0.05) is 42.8 Å². The Hall–Kier alpha value is -1.43. The number of nitrogens with zero attached hydrogens (tertiary/aromatic N) is 2. The number of aromatic nitrogens is 1. The molecule has 23 heavy (non-hydrogen) atoms. The van der Waals surface area contributed by atoms with Crippen LogP contribution in [-0.2, 0) is 21.4 Å². The molecule has 126 valence electrons. The molecule has 1 aliphatic heterocycles. The summed E-state index contributed by atoms with van der Waals surface area (Å²) in [5, 5.41) is 6.12. The quantitative estimate of drug-likeness (QED) is 0.896. The highest BCUT2D eigenvalue weighted by molar-refractivity contribution is 7.09. The molecule has 1 saturated heterocycles. The van der Waals surface area contributed by atoms with Crippen LogP contribution in [0.4, 0.5) is 0 Å². The first-order valence-corrected chi connectivity index (χ1v) is 9.24. The first-order valence-electron chi connectivity index (χ1n) is 8.36. The SMILES string of the molecule is CC(C)(C)c1csc(CCNC(=O)[C@@H]2CC(=O)N(C3CC3)C2)n1. The number of thiazole rings is 1. The molecule has 2 fully saturated rings. The molecule has 0 bridgehead atoms. The Kier molecular flexibility index (Phi) is 4.45. The van der Waals surface area contributed by atoms with E-state index in [2.05, 4.69) is 36.5 Å². The minimum absolute atomic E-state index is 0.00843. The predicted molar refractivity (Wildman–Crippen MR) is 90.4 cm³/mol. The molecule has 1 N–H and O–H groups in total. The molecular weight excluding hydrogens is 310 g/mol. The number of carbonyl (C=O) groups excluding carboxylic acids is 2.